The fourth-order valence-electron chi connectivity index (χ4n) is 5.65. The molecule has 1 aliphatic carbocycles. The number of nitrogens with zero attached hydrogens (tertiary/aromatic N) is 2. The normalized spacial score (nSPS) is 29.2. The molecule has 0 aromatic heterocycles. The minimum Gasteiger partial charge on any atom is -0.376 e. The van der Waals surface area contributed by atoms with Crippen LogP contribution in [0.4, 0.5) is 0 Å². The molecule has 0 N–H and O–H groups in total. The predicted octanol–water partition coefficient (Wildman–Crippen LogP) is 5.44. The van der Waals surface area contributed by atoms with Gasteiger partial charge in [0.1, 0.15) is 0 Å². The molecular weight excluding hydrogens is 332 g/mol. The Hall–Kier alpha value is -0.120. The Bertz CT molecular complexity index is 395. The maximum Gasteiger partial charge on any atom is 0.0638 e. The van der Waals surface area contributed by atoms with Crippen molar-refractivity contribution in [3.63, 3.8) is 0 Å². The van der Waals surface area contributed by atoms with Gasteiger partial charge < -0.3 is 9.64 Å². The minimum atomic E-state index is 0.457. The van der Waals surface area contributed by atoms with E-state index in [1.54, 1.807) is 0 Å². The molecule has 2 rings (SSSR count). The smallest absolute Gasteiger partial charge is 0.0638 e. The number of hydrogen-bond acceptors (Lipinski definition) is 3. The Kier molecular flexibility index (Phi) is 9.58. The first-order chi connectivity index (χ1) is 12.8. The zero-order valence-electron chi connectivity index (χ0n) is 19.4. The molecule has 1 aliphatic heterocycles. The largest absolute Gasteiger partial charge is 0.376 e. The lowest BCUT2D eigenvalue weighted by atomic mass is 9.75. The topological polar surface area (TPSA) is 15.7 Å². The number of piperidine rings is 1. The third-order valence-electron chi connectivity index (χ3n) is 7.00. The van der Waals surface area contributed by atoms with Crippen LogP contribution in [0.5, 0.6) is 0 Å². The molecule has 2 aliphatic rings. The second-order valence-corrected chi connectivity index (χ2v) is 10.3. The van der Waals surface area contributed by atoms with Crippen molar-refractivity contribution < 1.29 is 4.74 Å². The van der Waals surface area contributed by atoms with Crippen LogP contribution in [0.1, 0.15) is 87.0 Å². The summed E-state index contributed by atoms with van der Waals surface area (Å²) in [5, 5.41) is 0. The Morgan fingerprint density at radius 1 is 0.926 bits per heavy atom. The van der Waals surface area contributed by atoms with Gasteiger partial charge in [-0.2, -0.15) is 0 Å². The summed E-state index contributed by atoms with van der Waals surface area (Å²) >= 11 is 0. The Morgan fingerprint density at radius 2 is 1.56 bits per heavy atom. The van der Waals surface area contributed by atoms with Crippen LogP contribution in [-0.4, -0.2) is 60.3 Å². The molecule has 0 amide bonds. The summed E-state index contributed by atoms with van der Waals surface area (Å²) in [6, 6.07) is 1.64. The van der Waals surface area contributed by atoms with Crippen LogP contribution in [-0.2, 0) is 4.74 Å². The van der Waals surface area contributed by atoms with E-state index in [4.69, 9.17) is 4.74 Å². The van der Waals surface area contributed by atoms with Crippen molar-refractivity contribution in [3.8, 4) is 0 Å². The molecule has 0 radical (unpaired) electrons. The zero-order chi connectivity index (χ0) is 20.0. The highest BCUT2D eigenvalue weighted by Crippen LogP contribution is 2.35. The molecule has 2 fully saturated rings. The van der Waals surface area contributed by atoms with Crippen molar-refractivity contribution in [2.45, 2.75) is 111 Å². The van der Waals surface area contributed by atoms with E-state index >= 15 is 0 Å². The summed E-state index contributed by atoms with van der Waals surface area (Å²) in [5.74, 6) is 2.29. The van der Waals surface area contributed by atoms with E-state index in [1.807, 2.05) is 0 Å². The first-order valence-electron chi connectivity index (χ1n) is 11.9. The molecule has 1 heterocycles. The maximum atomic E-state index is 6.74. The van der Waals surface area contributed by atoms with Gasteiger partial charge in [0.2, 0.25) is 0 Å². The van der Waals surface area contributed by atoms with Gasteiger partial charge >= 0.3 is 0 Å². The van der Waals surface area contributed by atoms with Crippen LogP contribution in [0, 0.1) is 17.8 Å². The van der Waals surface area contributed by atoms with Crippen molar-refractivity contribution in [3.05, 3.63) is 0 Å². The van der Waals surface area contributed by atoms with E-state index in [1.165, 1.54) is 58.2 Å². The predicted molar refractivity (Wildman–Crippen MR) is 117 cm³/mol. The van der Waals surface area contributed by atoms with Crippen LogP contribution in [0.3, 0.4) is 0 Å². The molecule has 4 unspecified atom stereocenters. The fraction of sp³-hybridized carbons (Fsp3) is 1.00. The van der Waals surface area contributed by atoms with Crippen LogP contribution in [0.2, 0.25) is 0 Å². The van der Waals surface area contributed by atoms with Crippen molar-refractivity contribution in [1.29, 1.82) is 0 Å². The van der Waals surface area contributed by atoms with Crippen LogP contribution in [0.15, 0.2) is 0 Å². The number of rotatable bonds is 9. The van der Waals surface area contributed by atoms with E-state index in [0.29, 0.717) is 24.2 Å². The van der Waals surface area contributed by atoms with Gasteiger partial charge in [-0.1, -0.05) is 33.6 Å². The van der Waals surface area contributed by atoms with Gasteiger partial charge in [0.15, 0.2) is 0 Å². The van der Waals surface area contributed by atoms with Gasteiger partial charge in [-0.05, 0) is 84.2 Å². The molecule has 0 aromatic rings. The van der Waals surface area contributed by atoms with Gasteiger partial charge in [-0.25, -0.2) is 0 Å². The van der Waals surface area contributed by atoms with Gasteiger partial charge in [0.25, 0.3) is 0 Å². The fourth-order valence-corrected chi connectivity index (χ4v) is 5.65. The van der Waals surface area contributed by atoms with Crippen molar-refractivity contribution in [2.75, 3.05) is 26.2 Å². The lowest BCUT2D eigenvalue weighted by molar-refractivity contribution is -0.0720. The van der Waals surface area contributed by atoms with E-state index in [0.717, 1.165) is 24.4 Å². The first kappa shape index (κ1) is 23.2. The molecule has 3 heteroatoms. The second kappa shape index (κ2) is 11.2. The average molecular weight is 381 g/mol. The number of hydrogen-bond donors (Lipinski definition) is 0. The third-order valence-corrected chi connectivity index (χ3v) is 7.00. The molecule has 160 valence electrons. The quantitative estimate of drug-likeness (QED) is 0.530. The number of likely N-dealkylation sites (tertiary alicyclic amines) is 1. The molecular formula is C24H48N2O. The van der Waals surface area contributed by atoms with E-state index in [-0.39, 0.29) is 0 Å². The molecule has 1 saturated heterocycles. The monoisotopic (exact) mass is 380 g/mol. The molecule has 1 saturated carbocycles. The minimum absolute atomic E-state index is 0.457. The van der Waals surface area contributed by atoms with E-state index in [2.05, 4.69) is 58.3 Å². The Morgan fingerprint density at radius 3 is 2.11 bits per heavy atom. The molecule has 0 bridgehead atoms. The van der Waals surface area contributed by atoms with Gasteiger partial charge in [0, 0.05) is 24.7 Å². The Balaban J connectivity index is 2.04. The summed E-state index contributed by atoms with van der Waals surface area (Å²) < 4.78 is 6.74. The zero-order valence-corrected chi connectivity index (χ0v) is 19.4. The lowest BCUT2D eigenvalue weighted by Crippen LogP contribution is -2.53. The SMILES string of the molecule is CC1CCC(C(C)C)C(OCC(CN2CCCCC2)N(C(C)C)C(C)C)C1. The highest BCUT2D eigenvalue weighted by Gasteiger charge is 2.33. The first-order valence-corrected chi connectivity index (χ1v) is 11.9. The highest BCUT2D eigenvalue weighted by atomic mass is 16.5. The van der Waals surface area contributed by atoms with E-state index < -0.39 is 0 Å². The summed E-state index contributed by atoms with van der Waals surface area (Å²) in [7, 11) is 0. The highest BCUT2D eigenvalue weighted by molar-refractivity contribution is 4.85. The summed E-state index contributed by atoms with van der Waals surface area (Å²) in [6.45, 7) is 21.2. The average Bonchev–Trinajstić information content (AvgIpc) is 2.59. The van der Waals surface area contributed by atoms with Crippen molar-refractivity contribution in [1.82, 2.24) is 9.80 Å². The molecule has 0 spiro atoms. The Labute approximate surface area is 170 Å². The standard InChI is InChI=1S/C24H48N2O/c1-18(2)23-12-11-21(7)15-24(23)27-17-22(26(19(3)4)20(5)6)16-25-13-9-8-10-14-25/h18-24H,8-17H2,1-7H3. The molecule has 4 atom stereocenters. The van der Waals surface area contributed by atoms with Crippen molar-refractivity contribution in [2.24, 2.45) is 17.8 Å². The molecule has 27 heavy (non-hydrogen) atoms. The van der Waals surface area contributed by atoms with Gasteiger partial charge in [0.05, 0.1) is 12.7 Å². The third kappa shape index (κ3) is 7.01. The van der Waals surface area contributed by atoms with Crippen LogP contribution < -0.4 is 0 Å². The summed E-state index contributed by atoms with van der Waals surface area (Å²) in [4.78, 5) is 5.39. The van der Waals surface area contributed by atoms with Gasteiger partial charge in [-0.15, -0.1) is 0 Å². The van der Waals surface area contributed by atoms with Crippen LogP contribution >= 0.6 is 0 Å². The maximum absolute atomic E-state index is 6.74. The summed E-state index contributed by atoms with van der Waals surface area (Å²) in [6.07, 6.45) is 8.58. The lowest BCUT2D eigenvalue weighted by Gasteiger charge is -2.43. The van der Waals surface area contributed by atoms with Crippen LogP contribution in [0.25, 0.3) is 0 Å². The van der Waals surface area contributed by atoms with Crippen molar-refractivity contribution >= 4 is 0 Å². The summed E-state index contributed by atoms with van der Waals surface area (Å²) in [5.41, 5.74) is 0. The molecule has 0 aromatic carbocycles. The molecule has 3 nitrogen and oxygen atoms in total. The number of ether oxygens (including phenoxy) is 1. The second-order valence-electron chi connectivity index (χ2n) is 10.3. The van der Waals surface area contributed by atoms with E-state index in [9.17, 15) is 0 Å². The van der Waals surface area contributed by atoms with Gasteiger partial charge in [-0.3, -0.25) is 4.90 Å².